The molecule has 0 aliphatic carbocycles. The van der Waals surface area contributed by atoms with Crippen molar-refractivity contribution in [1.29, 1.82) is 0 Å². The van der Waals surface area contributed by atoms with Crippen LogP contribution >= 0.6 is 0 Å². The number of nitrogens with zero attached hydrogens (tertiary/aromatic N) is 3. The highest BCUT2D eigenvalue weighted by Gasteiger charge is 2.35. The zero-order chi connectivity index (χ0) is 14.8. The van der Waals surface area contributed by atoms with Gasteiger partial charge in [0.2, 0.25) is 11.7 Å². The van der Waals surface area contributed by atoms with E-state index in [1.54, 1.807) is 0 Å². The zero-order valence-corrected chi connectivity index (χ0v) is 11.2. The summed E-state index contributed by atoms with van der Waals surface area (Å²) in [6.45, 7) is 1.26. The second-order valence-electron chi connectivity index (χ2n) is 4.89. The fourth-order valence-electron chi connectivity index (χ4n) is 2.18. The maximum Gasteiger partial charge on any atom is 0.451 e. The molecule has 0 amide bonds. The van der Waals surface area contributed by atoms with Gasteiger partial charge in [0.25, 0.3) is 0 Å². The van der Waals surface area contributed by atoms with Gasteiger partial charge in [-0.25, -0.2) is 4.98 Å². The summed E-state index contributed by atoms with van der Waals surface area (Å²) in [5.74, 6) is -1.66. The maximum absolute atomic E-state index is 12.6. The molecule has 1 fully saturated rings. The van der Waals surface area contributed by atoms with E-state index in [1.165, 1.54) is 6.07 Å². The molecule has 1 aliphatic heterocycles. The topological polar surface area (TPSA) is 64.3 Å². The van der Waals surface area contributed by atoms with E-state index in [9.17, 15) is 13.2 Å². The molecule has 5 nitrogen and oxygen atoms in total. The smallest absolute Gasteiger partial charge is 0.451 e. The van der Waals surface area contributed by atoms with Crippen LogP contribution in [-0.2, 0) is 6.18 Å². The number of hydrogen-bond donors (Lipinski definition) is 1. The van der Waals surface area contributed by atoms with Crippen LogP contribution in [0.1, 0.15) is 25.1 Å². The number of likely N-dealkylation sites (tertiary alicyclic amines) is 1. The number of nitrogens with two attached hydrogens (primary N) is 1. The molecule has 1 aromatic heterocycles. The molecule has 0 radical (unpaired) electrons. The van der Waals surface area contributed by atoms with E-state index in [2.05, 4.69) is 14.9 Å². The largest absolute Gasteiger partial charge is 0.476 e. The van der Waals surface area contributed by atoms with Crippen molar-refractivity contribution in [2.24, 2.45) is 0 Å². The maximum atomic E-state index is 12.6. The molecule has 8 heteroatoms. The van der Waals surface area contributed by atoms with Crippen molar-refractivity contribution in [1.82, 2.24) is 14.9 Å². The van der Waals surface area contributed by atoms with Crippen molar-refractivity contribution in [3.8, 4) is 5.88 Å². The first-order valence-corrected chi connectivity index (χ1v) is 6.41. The Kier molecular flexibility index (Phi) is 4.32. The molecule has 1 atom stereocenters. The highest BCUT2D eigenvalue weighted by atomic mass is 19.4. The fraction of sp³-hybridized carbons (Fsp3) is 0.667. The molecule has 1 aromatic rings. The number of nitrogen functional groups attached to an aromatic ring is 1. The van der Waals surface area contributed by atoms with Gasteiger partial charge in [0.1, 0.15) is 12.4 Å². The predicted octanol–water partition coefficient (Wildman–Crippen LogP) is 1.94. The first-order valence-electron chi connectivity index (χ1n) is 6.41. The summed E-state index contributed by atoms with van der Waals surface area (Å²) >= 11 is 0. The first-order chi connectivity index (χ1) is 9.36. The molecule has 0 saturated carbocycles. The van der Waals surface area contributed by atoms with Gasteiger partial charge < -0.3 is 15.4 Å². The summed E-state index contributed by atoms with van der Waals surface area (Å²) in [5, 5.41) is 0. The third-order valence-corrected chi connectivity index (χ3v) is 3.32. The quantitative estimate of drug-likeness (QED) is 0.921. The Hall–Kier alpha value is -1.57. The van der Waals surface area contributed by atoms with Crippen LogP contribution in [0, 0.1) is 0 Å². The minimum atomic E-state index is -4.63. The molecule has 20 heavy (non-hydrogen) atoms. The van der Waals surface area contributed by atoms with Gasteiger partial charge in [-0.05, 0) is 26.4 Å². The van der Waals surface area contributed by atoms with Crippen molar-refractivity contribution in [3.63, 3.8) is 0 Å². The van der Waals surface area contributed by atoms with E-state index < -0.39 is 12.0 Å². The van der Waals surface area contributed by atoms with Gasteiger partial charge in [-0.15, -0.1) is 0 Å². The fourth-order valence-corrected chi connectivity index (χ4v) is 2.18. The number of likely N-dealkylation sites (N-methyl/N-ethyl adjacent to an activating group) is 1. The highest BCUT2D eigenvalue weighted by molar-refractivity contribution is 5.33. The second kappa shape index (κ2) is 5.82. The Labute approximate surface area is 114 Å². The Morgan fingerprint density at radius 1 is 1.40 bits per heavy atom. The van der Waals surface area contributed by atoms with E-state index in [0.29, 0.717) is 6.61 Å². The van der Waals surface area contributed by atoms with Crippen LogP contribution in [0.15, 0.2) is 6.07 Å². The van der Waals surface area contributed by atoms with Gasteiger partial charge in [0.05, 0.1) is 0 Å². The van der Waals surface area contributed by atoms with Crippen molar-refractivity contribution >= 4 is 5.82 Å². The normalized spacial score (nSPS) is 20.9. The van der Waals surface area contributed by atoms with Crippen LogP contribution < -0.4 is 10.5 Å². The van der Waals surface area contributed by atoms with Crippen LogP contribution in [0.25, 0.3) is 0 Å². The predicted molar refractivity (Wildman–Crippen MR) is 67.2 cm³/mol. The minimum Gasteiger partial charge on any atom is -0.476 e. The van der Waals surface area contributed by atoms with Crippen LogP contribution in [0.4, 0.5) is 19.0 Å². The molecule has 2 rings (SSSR count). The molecule has 1 saturated heterocycles. The molecule has 2 heterocycles. The summed E-state index contributed by atoms with van der Waals surface area (Å²) in [6, 6.07) is 1.40. The number of ether oxygens (including phenoxy) is 1. The number of rotatable bonds is 3. The summed E-state index contributed by atoms with van der Waals surface area (Å²) in [7, 11) is 1.97. The Bertz CT molecular complexity index is 467. The van der Waals surface area contributed by atoms with E-state index in [0.717, 1.165) is 25.8 Å². The van der Waals surface area contributed by atoms with Crippen LogP contribution in [-0.4, -0.2) is 41.1 Å². The number of anilines is 1. The molecule has 0 spiro atoms. The third-order valence-electron chi connectivity index (χ3n) is 3.32. The van der Waals surface area contributed by atoms with E-state index in [-0.39, 0.29) is 17.7 Å². The molecule has 1 unspecified atom stereocenters. The lowest BCUT2D eigenvalue weighted by Crippen LogP contribution is -2.40. The Morgan fingerprint density at radius 2 is 2.15 bits per heavy atom. The summed E-state index contributed by atoms with van der Waals surface area (Å²) in [6.07, 6.45) is -1.44. The van der Waals surface area contributed by atoms with Crippen LogP contribution in [0.2, 0.25) is 0 Å². The van der Waals surface area contributed by atoms with E-state index >= 15 is 0 Å². The SMILES string of the molecule is CN1CCCCC1COc1cc(N)nc(C(F)(F)F)n1. The monoisotopic (exact) mass is 290 g/mol. The van der Waals surface area contributed by atoms with Crippen LogP contribution in [0.5, 0.6) is 5.88 Å². The average molecular weight is 290 g/mol. The Balaban J connectivity index is 2.04. The molecule has 0 bridgehead atoms. The molecular formula is C12H17F3N4O. The number of aromatic nitrogens is 2. The zero-order valence-electron chi connectivity index (χ0n) is 11.2. The molecule has 1 aliphatic rings. The van der Waals surface area contributed by atoms with Gasteiger partial charge in [0.15, 0.2) is 0 Å². The van der Waals surface area contributed by atoms with Gasteiger partial charge >= 0.3 is 6.18 Å². The number of piperidine rings is 1. The van der Waals surface area contributed by atoms with Gasteiger partial charge in [0, 0.05) is 12.1 Å². The van der Waals surface area contributed by atoms with E-state index in [1.807, 2.05) is 7.05 Å². The molecular weight excluding hydrogens is 273 g/mol. The lowest BCUT2D eigenvalue weighted by atomic mass is 10.0. The van der Waals surface area contributed by atoms with Gasteiger partial charge in [-0.3, -0.25) is 0 Å². The van der Waals surface area contributed by atoms with Crippen LogP contribution in [0.3, 0.4) is 0 Å². The van der Waals surface area contributed by atoms with Crippen molar-refractivity contribution < 1.29 is 17.9 Å². The first kappa shape index (κ1) is 14.8. The van der Waals surface area contributed by atoms with E-state index in [4.69, 9.17) is 10.5 Å². The van der Waals surface area contributed by atoms with Crippen molar-refractivity contribution in [3.05, 3.63) is 11.9 Å². The molecule has 112 valence electrons. The summed E-state index contributed by atoms with van der Waals surface area (Å²) < 4.78 is 43.0. The molecule has 2 N–H and O–H groups in total. The summed E-state index contributed by atoms with van der Waals surface area (Å²) in [5.41, 5.74) is 5.35. The third kappa shape index (κ3) is 3.72. The lowest BCUT2D eigenvalue weighted by molar-refractivity contribution is -0.145. The van der Waals surface area contributed by atoms with Crippen molar-refractivity contribution in [2.75, 3.05) is 25.9 Å². The number of halogens is 3. The summed E-state index contributed by atoms with van der Waals surface area (Å²) in [4.78, 5) is 8.66. The lowest BCUT2D eigenvalue weighted by Gasteiger charge is -2.31. The van der Waals surface area contributed by atoms with Gasteiger partial charge in [-0.1, -0.05) is 6.42 Å². The average Bonchev–Trinajstić information content (AvgIpc) is 2.36. The minimum absolute atomic E-state index is 0.135. The van der Waals surface area contributed by atoms with Gasteiger partial charge in [-0.2, -0.15) is 18.2 Å². The second-order valence-corrected chi connectivity index (χ2v) is 4.89. The molecule has 0 aromatic carbocycles. The van der Waals surface area contributed by atoms with Crippen molar-refractivity contribution in [2.45, 2.75) is 31.5 Å². The standard InChI is InChI=1S/C12H17F3N4O/c1-19-5-3-2-4-8(19)7-20-10-6-9(16)17-11(18-10)12(13,14)15/h6,8H,2-5,7H2,1H3,(H2,16,17,18). The number of alkyl halides is 3. The highest BCUT2D eigenvalue weighted by Crippen LogP contribution is 2.28. The Morgan fingerprint density at radius 3 is 2.80 bits per heavy atom. The number of hydrogen-bond acceptors (Lipinski definition) is 5.